The molecule has 0 saturated carbocycles. The predicted molar refractivity (Wildman–Crippen MR) is 51.6 cm³/mol. The van der Waals surface area contributed by atoms with Gasteiger partial charge in [0.25, 0.3) is 0 Å². The molecule has 1 aromatic carbocycles. The number of carboxylic acid groups (broad SMARTS) is 1. The van der Waals surface area contributed by atoms with Gasteiger partial charge in [-0.2, -0.15) is 5.26 Å². The van der Waals surface area contributed by atoms with Gasteiger partial charge in [-0.05, 0) is 17.7 Å². The van der Waals surface area contributed by atoms with Crippen molar-refractivity contribution in [1.29, 1.82) is 5.26 Å². The SMILES string of the molecule is N#CC[C@@H](CC(=O)O)c1ccc(F)cc1. The Morgan fingerprint density at radius 3 is 2.53 bits per heavy atom. The van der Waals surface area contributed by atoms with Gasteiger partial charge in [-0.1, -0.05) is 12.1 Å². The highest BCUT2D eigenvalue weighted by Gasteiger charge is 2.15. The molecule has 0 spiro atoms. The molecular weight excluding hydrogens is 197 g/mol. The highest BCUT2D eigenvalue weighted by Crippen LogP contribution is 2.23. The van der Waals surface area contributed by atoms with E-state index in [2.05, 4.69) is 0 Å². The summed E-state index contributed by atoms with van der Waals surface area (Å²) in [5, 5.41) is 17.2. The molecule has 78 valence electrons. The van der Waals surface area contributed by atoms with Crippen LogP contribution in [-0.4, -0.2) is 11.1 Å². The zero-order valence-corrected chi connectivity index (χ0v) is 7.98. The average molecular weight is 207 g/mol. The van der Waals surface area contributed by atoms with Crippen LogP contribution < -0.4 is 0 Å². The molecule has 1 N–H and O–H groups in total. The first-order chi connectivity index (χ1) is 7.13. The lowest BCUT2D eigenvalue weighted by Gasteiger charge is -2.10. The number of carbonyl (C=O) groups is 1. The maximum Gasteiger partial charge on any atom is 0.303 e. The maximum absolute atomic E-state index is 12.6. The Morgan fingerprint density at radius 2 is 2.07 bits per heavy atom. The van der Waals surface area contributed by atoms with E-state index in [1.807, 2.05) is 6.07 Å². The van der Waals surface area contributed by atoms with E-state index in [1.165, 1.54) is 24.3 Å². The minimum atomic E-state index is -0.959. The predicted octanol–water partition coefficient (Wildman–Crippen LogP) is 2.30. The molecule has 1 aromatic rings. The summed E-state index contributed by atoms with van der Waals surface area (Å²) in [5.41, 5.74) is 0.681. The van der Waals surface area contributed by atoms with Crippen LogP contribution in [0.15, 0.2) is 24.3 Å². The van der Waals surface area contributed by atoms with Crippen LogP contribution in [0.1, 0.15) is 24.3 Å². The number of hydrogen-bond donors (Lipinski definition) is 1. The Hall–Kier alpha value is -1.89. The van der Waals surface area contributed by atoms with Crippen molar-refractivity contribution in [3.63, 3.8) is 0 Å². The third-order valence-corrected chi connectivity index (χ3v) is 2.10. The van der Waals surface area contributed by atoms with Gasteiger partial charge in [0, 0.05) is 12.3 Å². The van der Waals surface area contributed by atoms with Crippen molar-refractivity contribution < 1.29 is 14.3 Å². The average Bonchev–Trinajstić information content (AvgIpc) is 2.17. The first-order valence-corrected chi connectivity index (χ1v) is 4.47. The lowest BCUT2D eigenvalue weighted by Crippen LogP contribution is -2.05. The fourth-order valence-electron chi connectivity index (χ4n) is 1.36. The van der Waals surface area contributed by atoms with Gasteiger partial charge in [0.2, 0.25) is 0 Å². The topological polar surface area (TPSA) is 61.1 Å². The lowest BCUT2D eigenvalue weighted by atomic mass is 9.93. The van der Waals surface area contributed by atoms with Crippen molar-refractivity contribution in [2.75, 3.05) is 0 Å². The van der Waals surface area contributed by atoms with Crippen molar-refractivity contribution in [3.8, 4) is 6.07 Å². The van der Waals surface area contributed by atoms with Gasteiger partial charge in [-0.25, -0.2) is 4.39 Å². The molecule has 3 nitrogen and oxygen atoms in total. The number of hydrogen-bond acceptors (Lipinski definition) is 2. The van der Waals surface area contributed by atoms with E-state index in [-0.39, 0.29) is 24.6 Å². The van der Waals surface area contributed by atoms with Gasteiger partial charge >= 0.3 is 5.97 Å². The summed E-state index contributed by atoms with van der Waals surface area (Å²) in [6.07, 6.45) is 0.0110. The van der Waals surface area contributed by atoms with E-state index in [4.69, 9.17) is 10.4 Å². The summed E-state index contributed by atoms with van der Waals surface area (Å²) in [6, 6.07) is 7.49. The highest BCUT2D eigenvalue weighted by atomic mass is 19.1. The van der Waals surface area contributed by atoms with Gasteiger partial charge in [-0.15, -0.1) is 0 Å². The molecule has 0 fully saturated rings. The molecule has 0 saturated heterocycles. The third kappa shape index (κ3) is 3.39. The quantitative estimate of drug-likeness (QED) is 0.823. The molecule has 1 rings (SSSR count). The van der Waals surface area contributed by atoms with Crippen LogP contribution >= 0.6 is 0 Å². The Balaban J connectivity index is 2.84. The van der Waals surface area contributed by atoms with E-state index < -0.39 is 5.97 Å². The van der Waals surface area contributed by atoms with Crippen LogP contribution in [0, 0.1) is 17.1 Å². The summed E-state index contributed by atoms with van der Waals surface area (Å²) in [7, 11) is 0. The van der Waals surface area contributed by atoms with Crippen molar-refractivity contribution in [3.05, 3.63) is 35.6 Å². The molecule has 0 unspecified atom stereocenters. The lowest BCUT2D eigenvalue weighted by molar-refractivity contribution is -0.137. The number of carboxylic acids is 1. The zero-order chi connectivity index (χ0) is 11.3. The number of halogens is 1. The van der Waals surface area contributed by atoms with E-state index >= 15 is 0 Å². The van der Waals surface area contributed by atoms with Crippen molar-refractivity contribution in [1.82, 2.24) is 0 Å². The first kappa shape index (κ1) is 11.2. The summed E-state index contributed by atoms with van der Waals surface area (Å²) < 4.78 is 12.6. The van der Waals surface area contributed by atoms with E-state index in [9.17, 15) is 9.18 Å². The van der Waals surface area contributed by atoms with Crippen LogP contribution in [0.25, 0.3) is 0 Å². The number of nitriles is 1. The minimum absolute atomic E-state index is 0.112. The van der Waals surface area contributed by atoms with Crippen LogP contribution in [0.3, 0.4) is 0 Å². The van der Waals surface area contributed by atoms with E-state index in [1.54, 1.807) is 0 Å². The molecule has 0 aliphatic heterocycles. The van der Waals surface area contributed by atoms with E-state index in [0.29, 0.717) is 5.56 Å². The smallest absolute Gasteiger partial charge is 0.303 e. The molecule has 0 amide bonds. The Bertz CT molecular complexity index is 381. The van der Waals surface area contributed by atoms with Gasteiger partial charge in [-0.3, -0.25) is 4.79 Å². The summed E-state index contributed by atoms with van der Waals surface area (Å²) in [6.45, 7) is 0. The van der Waals surface area contributed by atoms with Gasteiger partial charge < -0.3 is 5.11 Å². The fraction of sp³-hybridized carbons (Fsp3) is 0.273. The van der Waals surface area contributed by atoms with Crippen LogP contribution in [0.4, 0.5) is 4.39 Å². The standard InChI is InChI=1S/C11H10FNO2/c12-10-3-1-8(2-4-10)9(5-6-13)7-11(14)15/h1-4,9H,5,7H2,(H,14,15)/t9-/m0/s1. The minimum Gasteiger partial charge on any atom is -0.481 e. The highest BCUT2D eigenvalue weighted by molar-refractivity contribution is 5.68. The second-order valence-electron chi connectivity index (χ2n) is 3.21. The van der Waals surface area contributed by atoms with Gasteiger partial charge in [0.15, 0.2) is 0 Å². The molecule has 0 radical (unpaired) electrons. The third-order valence-electron chi connectivity index (χ3n) is 2.10. The largest absolute Gasteiger partial charge is 0.481 e. The van der Waals surface area contributed by atoms with E-state index in [0.717, 1.165) is 0 Å². The van der Waals surface area contributed by atoms with Gasteiger partial charge in [0.05, 0.1) is 12.5 Å². The molecular formula is C11H10FNO2. The molecule has 0 aromatic heterocycles. The normalized spacial score (nSPS) is 11.7. The Kier molecular flexibility index (Phi) is 3.81. The van der Waals surface area contributed by atoms with Crippen LogP contribution in [0.5, 0.6) is 0 Å². The number of aliphatic carboxylic acids is 1. The van der Waals surface area contributed by atoms with Gasteiger partial charge in [0.1, 0.15) is 5.82 Å². The second-order valence-corrected chi connectivity index (χ2v) is 3.21. The first-order valence-electron chi connectivity index (χ1n) is 4.47. The molecule has 1 atom stereocenters. The Labute approximate surface area is 86.8 Å². The molecule has 0 heterocycles. The number of rotatable bonds is 4. The number of benzene rings is 1. The summed E-state index contributed by atoms with van der Waals surface area (Å²) in [5.74, 6) is -1.70. The molecule has 15 heavy (non-hydrogen) atoms. The zero-order valence-electron chi connectivity index (χ0n) is 7.98. The summed E-state index contributed by atoms with van der Waals surface area (Å²) in [4.78, 5) is 10.5. The van der Waals surface area contributed by atoms with Crippen molar-refractivity contribution in [2.45, 2.75) is 18.8 Å². The number of nitrogens with zero attached hydrogens (tertiary/aromatic N) is 1. The molecule has 0 aliphatic carbocycles. The molecule has 0 aliphatic rings. The van der Waals surface area contributed by atoms with Crippen LogP contribution in [-0.2, 0) is 4.79 Å². The van der Waals surface area contributed by atoms with Crippen LogP contribution in [0.2, 0.25) is 0 Å². The van der Waals surface area contributed by atoms with Crippen molar-refractivity contribution in [2.24, 2.45) is 0 Å². The molecule has 4 heteroatoms. The summed E-state index contributed by atoms with van der Waals surface area (Å²) >= 11 is 0. The monoisotopic (exact) mass is 207 g/mol. The Morgan fingerprint density at radius 1 is 1.47 bits per heavy atom. The molecule has 0 bridgehead atoms. The second kappa shape index (κ2) is 5.11. The van der Waals surface area contributed by atoms with Crippen molar-refractivity contribution >= 4 is 5.97 Å². The maximum atomic E-state index is 12.6. The fourth-order valence-corrected chi connectivity index (χ4v) is 1.36.